The Morgan fingerprint density at radius 3 is 2.55 bits per heavy atom. The number of esters is 2. The summed E-state index contributed by atoms with van der Waals surface area (Å²) >= 11 is 0. The van der Waals surface area contributed by atoms with Crippen LogP contribution in [0.15, 0.2) is 30.3 Å². The number of benzene rings is 2. The zero-order valence-electron chi connectivity index (χ0n) is 16.8. The summed E-state index contributed by atoms with van der Waals surface area (Å²) in [5.74, 6) is 0.872. The van der Waals surface area contributed by atoms with Gasteiger partial charge in [-0.3, -0.25) is 4.79 Å². The van der Waals surface area contributed by atoms with Crippen molar-refractivity contribution in [1.29, 1.82) is 0 Å². The van der Waals surface area contributed by atoms with Gasteiger partial charge in [-0.2, -0.15) is 0 Å². The average Bonchev–Trinajstić information content (AvgIpc) is 3.10. The molecule has 0 saturated carbocycles. The maximum absolute atomic E-state index is 11.7. The van der Waals surface area contributed by atoms with Crippen molar-refractivity contribution < 1.29 is 33.3 Å². The molecule has 29 heavy (non-hydrogen) atoms. The van der Waals surface area contributed by atoms with Crippen LogP contribution in [0.2, 0.25) is 0 Å². The summed E-state index contributed by atoms with van der Waals surface area (Å²) in [6.07, 6.45) is 1.11. The predicted octanol–water partition coefficient (Wildman–Crippen LogP) is 3.76. The van der Waals surface area contributed by atoms with E-state index in [-0.39, 0.29) is 31.8 Å². The second kappa shape index (κ2) is 9.32. The van der Waals surface area contributed by atoms with Gasteiger partial charge in [0.2, 0.25) is 5.75 Å². The van der Waals surface area contributed by atoms with Crippen LogP contribution >= 0.6 is 0 Å². The SMILES string of the molecule is CCCC(=O)OCCOc1c(-c2ccc3c(c2)COC3=O)ccc(OC)c1OC. The first-order chi connectivity index (χ1) is 14.1. The molecule has 154 valence electrons. The van der Waals surface area contributed by atoms with Crippen molar-refractivity contribution in [3.63, 3.8) is 0 Å². The van der Waals surface area contributed by atoms with E-state index in [1.165, 1.54) is 7.11 Å². The molecule has 0 unspecified atom stereocenters. The van der Waals surface area contributed by atoms with Gasteiger partial charge < -0.3 is 23.7 Å². The van der Waals surface area contributed by atoms with E-state index in [0.29, 0.717) is 29.2 Å². The first-order valence-corrected chi connectivity index (χ1v) is 9.42. The van der Waals surface area contributed by atoms with Crippen molar-refractivity contribution >= 4 is 11.9 Å². The van der Waals surface area contributed by atoms with Crippen molar-refractivity contribution in [1.82, 2.24) is 0 Å². The van der Waals surface area contributed by atoms with Gasteiger partial charge in [-0.15, -0.1) is 0 Å². The molecule has 2 aromatic rings. The van der Waals surface area contributed by atoms with E-state index in [1.807, 2.05) is 25.1 Å². The third kappa shape index (κ3) is 4.45. The Kier molecular flexibility index (Phi) is 6.59. The van der Waals surface area contributed by atoms with Gasteiger partial charge in [0.25, 0.3) is 0 Å². The highest BCUT2D eigenvalue weighted by molar-refractivity contribution is 5.94. The van der Waals surface area contributed by atoms with Gasteiger partial charge in [0.1, 0.15) is 19.8 Å². The molecule has 3 rings (SSSR count). The molecule has 0 amide bonds. The van der Waals surface area contributed by atoms with Crippen molar-refractivity contribution in [2.24, 2.45) is 0 Å². The molecule has 0 fully saturated rings. The molecule has 0 aliphatic carbocycles. The molecule has 1 aliphatic rings. The molecule has 0 saturated heterocycles. The van der Waals surface area contributed by atoms with E-state index in [1.54, 1.807) is 19.2 Å². The fourth-order valence-corrected chi connectivity index (χ4v) is 3.15. The van der Waals surface area contributed by atoms with Crippen LogP contribution in [0, 0.1) is 0 Å². The van der Waals surface area contributed by atoms with E-state index >= 15 is 0 Å². The summed E-state index contributed by atoms with van der Waals surface area (Å²) < 4.78 is 27.1. The van der Waals surface area contributed by atoms with E-state index < -0.39 is 0 Å². The van der Waals surface area contributed by atoms with E-state index in [9.17, 15) is 9.59 Å². The lowest BCUT2D eigenvalue weighted by Gasteiger charge is -2.18. The maximum Gasteiger partial charge on any atom is 0.338 e. The van der Waals surface area contributed by atoms with Gasteiger partial charge in [0, 0.05) is 17.5 Å². The molecule has 2 aromatic carbocycles. The second-order valence-corrected chi connectivity index (χ2v) is 6.44. The number of methoxy groups -OCH3 is 2. The number of ether oxygens (including phenoxy) is 5. The number of rotatable bonds is 9. The van der Waals surface area contributed by atoms with Crippen LogP contribution in [0.4, 0.5) is 0 Å². The number of hydrogen-bond acceptors (Lipinski definition) is 7. The minimum absolute atomic E-state index is 0.130. The first kappa shape index (κ1) is 20.5. The summed E-state index contributed by atoms with van der Waals surface area (Å²) in [5.41, 5.74) is 3.01. The molecule has 1 aliphatic heterocycles. The summed E-state index contributed by atoms with van der Waals surface area (Å²) in [4.78, 5) is 23.3. The van der Waals surface area contributed by atoms with Crippen LogP contribution in [0.5, 0.6) is 17.2 Å². The molecular formula is C22H24O7. The molecule has 7 heteroatoms. The van der Waals surface area contributed by atoms with Gasteiger partial charge in [-0.1, -0.05) is 13.0 Å². The average molecular weight is 400 g/mol. The third-order valence-electron chi connectivity index (χ3n) is 4.54. The Morgan fingerprint density at radius 1 is 1.03 bits per heavy atom. The molecule has 1 heterocycles. The van der Waals surface area contributed by atoms with Crippen LogP contribution in [0.25, 0.3) is 11.1 Å². The Balaban J connectivity index is 1.89. The van der Waals surface area contributed by atoms with Gasteiger partial charge in [0.15, 0.2) is 11.5 Å². The Labute approximate surface area is 169 Å². The number of hydrogen-bond donors (Lipinski definition) is 0. The lowest BCUT2D eigenvalue weighted by atomic mass is 9.99. The van der Waals surface area contributed by atoms with Gasteiger partial charge >= 0.3 is 11.9 Å². The predicted molar refractivity (Wildman–Crippen MR) is 105 cm³/mol. The zero-order valence-corrected chi connectivity index (χ0v) is 16.8. The molecule has 0 radical (unpaired) electrons. The zero-order chi connectivity index (χ0) is 20.8. The summed E-state index contributed by atoms with van der Waals surface area (Å²) in [6.45, 7) is 2.46. The molecule has 7 nitrogen and oxygen atoms in total. The number of fused-ring (bicyclic) bond motifs is 1. The van der Waals surface area contributed by atoms with Crippen LogP contribution in [0.3, 0.4) is 0 Å². The summed E-state index contributed by atoms with van der Waals surface area (Å²) in [6, 6.07) is 9.12. The topological polar surface area (TPSA) is 80.3 Å². The Bertz CT molecular complexity index is 904. The lowest BCUT2D eigenvalue weighted by Crippen LogP contribution is -2.12. The highest BCUT2D eigenvalue weighted by Crippen LogP contribution is 2.45. The molecule has 0 atom stereocenters. The standard InChI is InChI=1S/C22H24O7/c1-4-5-19(23)27-10-11-28-20-16(8-9-18(25-2)21(20)26-3)14-6-7-17-15(12-14)13-29-22(17)24/h6-9,12H,4-5,10-11,13H2,1-3H3. The summed E-state index contributed by atoms with van der Waals surface area (Å²) in [7, 11) is 3.08. The van der Waals surface area contributed by atoms with Crippen LogP contribution in [-0.2, 0) is 20.9 Å². The van der Waals surface area contributed by atoms with Crippen molar-refractivity contribution in [3.05, 3.63) is 41.5 Å². The number of cyclic esters (lactones) is 1. The molecule has 0 bridgehead atoms. The van der Waals surface area contributed by atoms with Crippen LogP contribution in [-0.4, -0.2) is 39.4 Å². The molecule has 0 N–H and O–H groups in total. The fourth-order valence-electron chi connectivity index (χ4n) is 3.15. The van der Waals surface area contributed by atoms with Crippen molar-refractivity contribution in [3.8, 4) is 28.4 Å². The molecule has 0 aromatic heterocycles. The molecular weight excluding hydrogens is 376 g/mol. The van der Waals surface area contributed by atoms with Gasteiger partial charge in [0.05, 0.1) is 19.8 Å². The minimum atomic E-state index is -0.316. The highest BCUT2D eigenvalue weighted by Gasteiger charge is 2.23. The molecule has 0 spiro atoms. The summed E-state index contributed by atoms with van der Waals surface area (Å²) in [5, 5.41) is 0. The van der Waals surface area contributed by atoms with E-state index in [2.05, 4.69) is 0 Å². The van der Waals surface area contributed by atoms with Crippen LogP contribution < -0.4 is 14.2 Å². The van der Waals surface area contributed by atoms with Gasteiger partial charge in [-0.05, 0) is 36.2 Å². The van der Waals surface area contributed by atoms with Crippen LogP contribution in [0.1, 0.15) is 35.7 Å². The number of carbonyl (C=O) groups is 2. The minimum Gasteiger partial charge on any atom is -0.493 e. The Hall–Kier alpha value is -3.22. The largest absolute Gasteiger partial charge is 0.493 e. The van der Waals surface area contributed by atoms with Gasteiger partial charge in [-0.25, -0.2) is 4.79 Å². The fraction of sp³-hybridized carbons (Fsp3) is 0.364. The highest BCUT2D eigenvalue weighted by atomic mass is 16.6. The van der Waals surface area contributed by atoms with E-state index in [0.717, 1.165) is 23.1 Å². The normalized spacial score (nSPS) is 12.2. The third-order valence-corrected chi connectivity index (χ3v) is 4.54. The van der Waals surface area contributed by atoms with Crippen molar-refractivity contribution in [2.75, 3.05) is 27.4 Å². The lowest BCUT2D eigenvalue weighted by molar-refractivity contribution is -0.144. The Morgan fingerprint density at radius 2 is 1.83 bits per heavy atom. The first-order valence-electron chi connectivity index (χ1n) is 9.42. The van der Waals surface area contributed by atoms with E-state index in [4.69, 9.17) is 23.7 Å². The monoisotopic (exact) mass is 400 g/mol. The quantitative estimate of drug-likeness (QED) is 0.468. The number of carbonyl (C=O) groups excluding carboxylic acids is 2. The maximum atomic E-state index is 11.7. The van der Waals surface area contributed by atoms with Crippen molar-refractivity contribution in [2.45, 2.75) is 26.4 Å². The second-order valence-electron chi connectivity index (χ2n) is 6.44. The smallest absolute Gasteiger partial charge is 0.338 e.